The van der Waals surface area contributed by atoms with E-state index in [2.05, 4.69) is 21.3 Å². The number of aromatic nitrogens is 1. The van der Waals surface area contributed by atoms with Gasteiger partial charge in [-0.3, -0.25) is 9.78 Å². The first-order chi connectivity index (χ1) is 12.4. The molecule has 1 N–H and O–H groups in total. The summed E-state index contributed by atoms with van der Waals surface area (Å²) in [4.78, 5) is 18.9. The highest BCUT2D eigenvalue weighted by Crippen LogP contribution is 2.23. The molecule has 1 aromatic rings. The fourth-order valence-corrected chi connectivity index (χ4v) is 4.65. The average molecular weight is 381 g/mol. The molecule has 8 heteroatoms. The molecule has 2 aliphatic heterocycles. The van der Waals surface area contributed by atoms with Gasteiger partial charge in [-0.05, 0) is 43.7 Å². The summed E-state index contributed by atoms with van der Waals surface area (Å²) < 4.78 is 24.5. The van der Waals surface area contributed by atoms with Crippen LogP contribution in [0.3, 0.4) is 0 Å². The monoisotopic (exact) mass is 380 g/mol. The molecule has 7 nitrogen and oxygen atoms in total. The van der Waals surface area contributed by atoms with Gasteiger partial charge in [0.25, 0.3) is 0 Å². The van der Waals surface area contributed by atoms with Crippen molar-refractivity contribution in [3.63, 3.8) is 0 Å². The van der Waals surface area contributed by atoms with E-state index in [1.165, 1.54) is 10.6 Å². The molecule has 0 radical (unpaired) electrons. The Hall–Kier alpha value is -1.67. The first kappa shape index (κ1) is 19.1. The van der Waals surface area contributed by atoms with E-state index in [0.717, 1.165) is 31.6 Å². The van der Waals surface area contributed by atoms with E-state index in [4.69, 9.17) is 0 Å². The van der Waals surface area contributed by atoms with Crippen LogP contribution in [0, 0.1) is 11.8 Å². The van der Waals surface area contributed by atoms with Gasteiger partial charge in [0.15, 0.2) is 0 Å². The zero-order valence-corrected chi connectivity index (χ0v) is 16.1. The Morgan fingerprint density at radius 3 is 2.46 bits per heavy atom. The number of nitrogens with one attached hydrogen (secondary N) is 1. The number of piperidine rings is 2. The lowest BCUT2D eigenvalue weighted by atomic mass is 9.94. The van der Waals surface area contributed by atoms with E-state index >= 15 is 0 Å². The largest absolute Gasteiger partial charge is 0.370 e. The third kappa shape index (κ3) is 4.94. The topological polar surface area (TPSA) is 82.6 Å². The van der Waals surface area contributed by atoms with Gasteiger partial charge in [-0.2, -0.15) is 0 Å². The third-order valence-electron chi connectivity index (χ3n) is 5.48. The van der Waals surface area contributed by atoms with Crippen molar-refractivity contribution in [1.29, 1.82) is 0 Å². The van der Waals surface area contributed by atoms with Crippen molar-refractivity contribution in [2.45, 2.75) is 25.7 Å². The molecule has 144 valence electrons. The Morgan fingerprint density at radius 2 is 1.88 bits per heavy atom. The second kappa shape index (κ2) is 8.35. The van der Waals surface area contributed by atoms with Gasteiger partial charge in [-0.15, -0.1) is 0 Å². The smallest absolute Gasteiger partial charge is 0.223 e. The summed E-state index contributed by atoms with van der Waals surface area (Å²) in [5.74, 6) is 0.513. The predicted molar refractivity (Wildman–Crippen MR) is 101 cm³/mol. The molecule has 0 unspecified atom stereocenters. The summed E-state index contributed by atoms with van der Waals surface area (Å²) in [7, 11) is -3.14. The summed E-state index contributed by atoms with van der Waals surface area (Å²) in [5, 5.41) is 3.09. The molecule has 0 aromatic carbocycles. The molecule has 26 heavy (non-hydrogen) atoms. The third-order valence-corrected chi connectivity index (χ3v) is 6.79. The highest BCUT2D eigenvalue weighted by molar-refractivity contribution is 7.88. The number of amides is 1. The quantitative estimate of drug-likeness (QED) is 0.827. The number of hydrogen-bond acceptors (Lipinski definition) is 5. The first-order valence-electron chi connectivity index (χ1n) is 9.31. The van der Waals surface area contributed by atoms with E-state index in [9.17, 15) is 13.2 Å². The molecule has 3 rings (SSSR count). The lowest BCUT2D eigenvalue weighted by Crippen LogP contribution is -2.44. The van der Waals surface area contributed by atoms with Crippen molar-refractivity contribution in [3.05, 3.63) is 24.5 Å². The number of carbonyl (C=O) groups excluding carboxylic acids is 1. The van der Waals surface area contributed by atoms with Crippen LogP contribution >= 0.6 is 0 Å². The molecule has 2 fully saturated rings. The highest BCUT2D eigenvalue weighted by Gasteiger charge is 2.29. The summed E-state index contributed by atoms with van der Waals surface area (Å²) in [6.07, 6.45) is 8.24. The minimum atomic E-state index is -3.14. The molecule has 0 aliphatic carbocycles. The fraction of sp³-hybridized carbons (Fsp3) is 0.667. The van der Waals surface area contributed by atoms with Crippen LogP contribution in [0.5, 0.6) is 0 Å². The summed E-state index contributed by atoms with van der Waals surface area (Å²) in [5.41, 5.74) is 1.16. The van der Waals surface area contributed by atoms with E-state index in [-0.39, 0.29) is 11.8 Å². The van der Waals surface area contributed by atoms with Gasteiger partial charge in [-0.1, -0.05) is 0 Å². The van der Waals surface area contributed by atoms with Crippen molar-refractivity contribution in [2.24, 2.45) is 11.8 Å². The van der Waals surface area contributed by atoms with Crippen LogP contribution in [-0.2, 0) is 14.8 Å². The molecule has 0 spiro atoms. The molecule has 2 aliphatic rings. The molecule has 1 aromatic heterocycles. The second-order valence-electron chi connectivity index (χ2n) is 7.32. The summed E-state index contributed by atoms with van der Waals surface area (Å²) in [6, 6.07) is 4.04. The molecule has 2 saturated heterocycles. The van der Waals surface area contributed by atoms with Crippen molar-refractivity contribution in [2.75, 3.05) is 43.9 Å². The molecule has 0 bridgehead atoms. The summed E-state index contributed by atoms with van der Waals surface area (Å²) >= 11 is 0. The number of pyridine rings is 1. The minimum Gasteiger partial charge on any atom is -0.370 e. The van der Waals surface area contributed by atoms with E-state index in [0.29, 0.717) is 38.4 Å². The number of nitrogens with zero attached hydrogens (tertiary/aromatic N) is 3. The van der Waals surface area contributed by atoms with E-state index in [1.54, 1.807) is 6.20 Å². The lowest BCUT2D eigenvalue weighted by molar-refractivity contribution is -0.126. The Balaban J connectivity index is 1.38. The molecule has 3 heterocycles. The van der Waals surface area contributed by atoms with Crippen molar-refractivity contribution < 1.29 is 13.2 Å². The van der Waals surface area contributed by atoms with Crippen molar-refractivity contribution in [3.8, 4) is 0 Å². The van der Waals surface area contributed by atoms with Crippen LogP contribution in [0.25, 0.3) is 0 Å². The standard InChI is InChI=1S/C18H28N4O3S/c1-26(24,25)22-11-6-16(7-12-22)18(23)20-13-15-4-9-21(10-5-15)17-3-2-8-19-14-17/h2-3,8,14-16H,4-7,9-13H2,1H3,(H,20,23). The van der Waals surface area contributed by atoms with Gasteiger partial charge in [0.1, 0.15) is 0 Å². The van der Waals surface area contributed by atoms with Crippen LogP contribution in [0.4, 0.5) is 5.69 Å². The zero-order valence-electron chi connectivity index (χ0n) is 15.3. The Kier molecular flexibility index (Phi) is 6.13. The molecular formula is C18H28N4O3S. The van der Waals surface area contributed by atoms with Gasteiger partial charge in [0, 0.05) is 44.8 Å². The number of anilines is 1. The molecule has 1 amide bonds. The van der Waals surface area contributed by atoms with Crippen molar-refractivity contribution >= 4 is 21.6 Å². The van der Waals surface area contributed by atoms with Gasteiger partial charge < -0.3 is 10.2 Å². The van der Waals surface area contributed by atoms with Gasteiger partial charge >= 0.3 is 0 Å². The van der Waals surface area contributed by atoms with Crippen LogP contribution in [-0.4, -0.2) is 62.6 Å². The number of hydrogen-bond donors (Lipinski definition) is 1. The van der Waals surface area contributed by atoms with Crippen molar-refractivity contribution in [1.82, 2.24) is 14.6 Å². The lowest BCUT2D eigenvalue weighted by Gasteiger charge is -2.34. The Morgan fingerprint density at radius 1 is 1.19 bits per heavy atom. The number of sulfonamides is 1. The van der Waals surface area contributed by atoms with Gasteiger partial charge in [0.2, 0.25) is 15.9 Å². The van der Waals surface area contributed by atoms with Crippen LogP contribution in [0.1, 0.15) is 25.7 Å². The SMILES string of the molecule is CS(=O)(=O)N1CCC(C(=O)NCC2CCN(c3cccnc3)CC2)CC1. The number of carbonyl (C=O) groups is 1. The molecule has 0 saturated carbocycles. The van der Waals surface area contributed by atoms with Crippen LogP contribution < -0.4 is 10.2 Å². The minimum absolute atomic E-state index is 0.0662. The number of rotatable bonds is 5. The second-order valence-corrected chi connectivity index (χ2v) is 9.31. The Bertz CT molecular complexity index is 694. The van der Waals surface area contributed by atoms with Crippen LogP contribution in [0.2, 0.25) is 0 Å². The maximum Gasteiger partial charge on any atom is 0.223 e. The van der Waals surface area contributed by atoms with E-state index < -0.39 is 10.0 Å². The normalized spacial score (nSPS) is 20.9. The predicted octanol–water partition coefficient (Wildman–Crippen LogP) is 1.09. The molecule has 0 atom stereocenters. The highest BCUT2D eigenvalue weighted by atomic mass is 32.2. The van der Waals surface area contributed by atoms with Gasteiger partial charge in [-0.25, -0.2) is 12.7 Å². The first-order valence-corrected chi connectivity index (χ1v) is 11.2. The summed E-state index contributed by atoms with van der Waals surface area (Å²) in [6.45, 7) is 3.57. The van der Waals surface area contributed by atoms with Gasteiger partial charge in [0.05, 0.1) is 18.1 Å². The Labute approximate surface area is 155 Å². The fourth-order valence-electron chi connectivity index (χ4n) is 3.77. The average Bonchev–Trinajstić information content (AvgIpc) is 2.66. The zero-order chi connectivity index (χ0) is 18.6. The maximum absolute atomic E-state index is 12.4. The molecular weight excluding hydrogens is 352 g/mol. The maximum atomic E-state index is 12.4. The van der Waals surface area contributed by atoms with Crippen LogP contribution in [0.15, 0.2) is 24.5 Å². The van der Waals surface area contributed by atoms with E-state index in [1.807, 2.05) is 12.3 Å².